The van der Waals surface area contributed by atoms with Crippen molar-refractivity contribution < 1.29 is 14.0 Å². The number of hydrogen-bond donors (Lipinski definition) is 1. The summed E-state index contributed by atoms with van der Waals surface area (Å²) in [5.41, 5.74) is 0.696. The Morgan fingerprint density at radius 2 is 2.00 bits per heavy atom. The van der Waals surface area contributed by atoms with Gasteiger partial charge in [-0.05, 0) is 77.2 Å². The standard InChI is InChI=1S/C24H38BN3O3S/c1-23(2)24(3,4)31-25(30-23)19-9-11-20(12-10-19)29-17-18-16-28(15-13-21(18)27-32-5)22-8-6-7-14-26-22/h6-9,14,18,20-21,27H,10-13,15-17H2,1-5H3. The number of nitrogens with zero attached hydrogens (tertiary/aromatic N) is 2. The Morgan fingerprint density at radius 1 is 1.22 bits per heavy atom. The summed E-state index contributed by atoms with van der Waals surface area (Å²) in [6.45, 7) is 11.2. The first kappa shape index (κ1) is 24.1. The average Bonchev–Trinajstić information content (AvgIpc) is 3.01. The fourth-order valence-corrected chi connectivity index (χ4v) is 5.32. The fourth-order valence-electron chi connectivity index (χ4n) is 4.71. The summed E-state index contributed by atoms with van der Waals surface area (Å²) in [4.78, 5) is 6.94. The Balaban J connectivity index is 1.31. The summed E-state index contributed by atoms with van der Waals surface area (Å²) in [6.07, 6.45) is 10.5. The highest BCUT2D eigenvalue weighted by Crippen LogP contribution is 2.40. The van der Waals surface area contributed by atoms with E-state index in [2.05, 4.69) is 66.8 Å². The van der Waals surface area contributed by atoms with E-state index in [1.165, 1.54) is 5.47 Å². The molecule has 3 aliphatic rings. The molecule has 3 unspecified atom stereocenters. The van der Waals surface area contributed by atoms with Gasteiger partial charge >= 0.3 is 7.12 Å². The van der Waals surface area contributed by atoms with E-state index in [0.717, 1.165) is 51.2 Å². The maximum absolute atomic E-state index is 6.45. The van der Waals surface area contributed by atoms with Crippen LogP contribution in [0.25, 0.3) is 0 Å². The van der Waals surface area contributed by atoms with Crippen molar-refractivity contribution in [3.8, 4) is 0 Å². The lowest BCUT2D eigenvalue weighted by molar-refractivity contribution is 0.00578. The molecular weight excluding hydrogens is 421 g/mol. The monoisotopic (exact) mass is 459 g/mol. The van der Waals surface area contributed by atoms with E-state index >= 15 is 0 Å². The molecule has 4 rings (SSSR count). The molecule has 0 spiro atoms. The predicted octanol–water partition coefficient (Wildman–Crippen LogP) is 4.27. The van der Waals surface area contributed by atoms with Gasteiger partial charge in [0.15, 0.2) is 0 Å². The van der Waals surface area contributed by atoms with Gasteiger partial charge in [0.2, 0.25) is 0 Å². The molecule has 0 saturated carbocycles. The zero-order chi connectivity index (χ0) is 22.8. The van der Waals surface area contributed by atoms with E-state index in [4.69, 9.17) is 14.0 Å². The molecular formula is C24H38BN3O3S. The number of ether oxygens (including phenoxy) is 1. The van der Waals surface area contributed by atoms with Crippen LogP contribution in [0.15, 0.2) is 35.9 Å². The summed E-state index contributed by atoms with van der Waals surface area (Å²) in [6, 6.07) is 6.60. The summed E-state index contributed by atoms with van der Waals surface area (Å²) in [7, 11) is -0.221. The molecule has 1 aliphatic carbocycles. The Kier molecular flexibility index (Phi) is 7.57. The molecule has 2 saturated heterocycles. The number of pyridine rings is 1. The zero-order valence-electron chi connectivity index (χ0n) is 20.2. The molecule has 8 heteroatoms. The summed E-state index contributed by atoms with van der Waals surface area (Å²) in [5, 5.41) is 0. The van der Waals surface area contributed by atoms with Crippen LogP contribution < -0.4 is 9.62 Å². The van der Waals surface area contributed by atoms with Gasteiger partial charge in [0, 0.05) is 31.2 Å². The van der Waals surface area contributed by atoms with Gasteiger partial charge in [-0.1, -0.05) is 24.1 Å². The molecule has 0 radical (unpaired) electrons. The maximum Gasteiger partial charge on any atom is 0.490 e. The summed E-state index contributed by atoms with van der Waals surface area (Å²) >= 11 is 1.71. The quantitative estimate of drug-likeness (QED) is 0.483. The van der Waals surface area contributed by atoms with Crippen LogP contribution in [0.1, 0.15) is 53.4 Å². The summed E-state index contributed by atoms with van der Waals surface area (Å²) < 4.78 is 22.5. The number of rotatable bonds is 7. The molecule has 2 aliphatic heterocycles. The smallest absolute Gasteiger partial charge is 0.400 e. The molecule has 3 atom stereocenters. The first-order chi connectivity index (χ1) is 15.3. The van der Waals surface area contributed by atoms with E-state index in [9.17, 15) is 0 Å². The number of anilines is 1. The Labute approximate surface area is 198 Å². The molecule has 176 valence electrons. The lowest BCUT2D eigenvalue weighted by atomic mass is 9.72. The van der Waals surface area contributed by atoms with Crippen LogP contribution in [-0.4, -0.2) is 61.4 Å². The van der Waals surface area contributed by atoms with Crippen molar-refractivity contribution in [2.45, 2.75) is 76.7 Å². The second kappa shape index (κ2) is 10.1. The highest BCUT2D eigenvalue weighted by atomic mass is 32.2. The molecule has 0 amide bonds. The normalized spacial score (nSPS) is 29.8. The van der Waals surface area contributed by atoms with E-state index in [1.54, 1.807) is 11.9 Å². The van der Waals surface area contributed by atoms with Gasteiger partial charge in [-0.25, -0.2) is 4.98 Å². The van der Waals surface area contributed by atoms with Crippen molar-refractivity contribution in [2.24, 2.45) is 5.92 Å². The van der Waals surface area contributed by atoms with Crippen LogP contribution in [0, 0.1) is 5.92 Å². The molecule has 32 heavy (non-hydrogen) atoms. The van der Waals surface area contributed by atoms with E-state index in [0.29, 0.717) is 12.0 Å². The fraction of sp³-hybridized carbons (Fsp3) is 0.708. The third-order valence-electron chi connectivity index (χ3n) is 7.48. The van der Waals surface area contributed by atoms with Gasteiger partial charge in [-0.15, -0.1) is 0 Å². The topological polar surface area (TPSA) is 55.9 Å². The second-order valence-corrected chi connectivity index (χ2v) is 10.9. The highest BCUT2D eigenvalue weighted by Gasteiger charge is 2.52. The Morgan fingerprint density at radius 3 is 2.62 bits per heavy atom. The van der Waals surface area contributed by atoms with Gasteiger partial charge in [0.1, 0.15) is 5.82 Å². The first-order valence-electron chi connectivity index (χ1n) is 11.9. The van der Waals surface area contributed by atoms with Crippen molar-refractivity contribution in [1.82, 2.24) is 9.71 Å². The van der Waals surface area contributed by atoms with Gasteiger partial charge in [-0.2, -0.15) is 0 Å². The number of piperidine rings is 1. The number of allylic oxidation sites excluding steroid dienone is 1. The van der Waals surface area contributed by atoms with Crippen LogP contribution in [0.2, 0.25) is 0 Å². The molecule has 1 aromatic rings. The van der Waals surface area contributed by atoms with Crippen molar-refractivity contribution in [3.63, 3.8) is 0 Å². The van der Waals surface area contributed by atoms with E-state index < -0.39 is 0 Å². The van der Waals surface area contributed by atoms with Gasteiger partial charge in [0.05, 0.1) is 23.9 Å². The molecule has 0 aromatic carbocycles. The number of nitrogens with one attached hydrogen (secondary N) is 1. The minimum atomic E-state index is -0.286. The minimum absolute atomic E-state index is 0.221. The lowest BCUT2D eigenvalue weighted by Crippen LogP contribution is -2.50. The third kappa shape index (κ3) is 5.36. The predicted molar refractivity (Wildman–Crippen MR) is 133 cm³/mol. The zero-order valence-corrected chi connectivity index (χ0v) is 21.0. The van der Waals surface area contributed by atoms with Crippen molar-refractivity contribution in [1.29, 1.82) is 0 Å². The highest BCUT2D eigenvalue weighted by molar-refractivity contribution is 7.96. The Hall–Kier alpha value is -1.06. The first-order valence-corrected chi connectivity index (χ1v) is 13.1. The maximum atomic E-state index is 6.45. The van der Waals surface area contributed by atoms with Gasteiger partial charge in [-0.3, -0.25) is 4.72 Å². The minimum Gasteiger partial charge on any atom is -0.400 e. The SMILES string of the molecule is CSNC1CCN(c2ccccn2)CC1COC1CC=C(B2OC(C)(C)C(C)(C)O2)CC1. The molecule has 2 fully saturated rings. The molecule has 6 nitrogen and oxygen atoms in total. The van der Waals surface area contributed by atoms with Crippen molar-refractivity contribution in [3.05, 3.63) is 35.9 Å². The largest absolute Gasteiger partial charge is 0.490 e. The van der Waals surface area contributed by atoms with Gasteiger partial charge in [0.25, 0.3) is 0 Å². The van der Waals surface area contributed by atoms with E-state index in [1.807, 2.05) is 12.3 Å². The van der Waals surface area contributed by atoms with Crippen LogP contribution >= 0.6 is 11.9 Å². The van der Waals surface area contributed by atoms with Crippen LogP contribution in [0.3, 0.4) is 0 Å². The third-order valence-corrected chi connectivity index (χ3v) is 8.01. The lowest BCUT2D eigenvalue weighted by Gasteiger charge is -2.39. The van der Waals surface area contributed by atoms with Crippen molar-refractivity contribution in [2.75, 3.05) is 30.9 Å². The van der Waals surface area contributed by atoms with E-state index in [-0.39, 0.29) is 24.4 Å². The second-order valence-electron chi connectivity index (χ2n) is 10.2. The van der Waals surface area contributed by atoms with Crippen molar-refractivity contribution >= 4 is 24.9 Å². The van der Waals surface area contributed by atoms with Crippen LogP contribution in [0.4, 0.5) is 5.82 Å². The number of aromatic nitrogens is 1. The van der Waals surface area contributed by atoms with Gasteiger partial charge < -0.3 is 18.9 Å². The molecule has 1 N–H and O–H groups in total. The summed E-state index contributed by atoms with van der Waals surface area (Å²) in [5.74, 6) is 1.50. The Bertz CT molecular complexity index is 776. The molecule has 1 aromatic heterocycles. The molecule has 3 heterocycles. The average molecular weight is 459 g/mol. The number of hydrogen-bond acceptors (Lipinski definition) is 7. The van der Waals surface area contributed by atoms with Crippen LogP contribution in [-0.2, 0) is 14.0 Å². The molecule has 0 bridgehead atoms. The van der Waals surface area contributed by atoms with Crippen LogP contribution in [0.5, 0.6) is 0 Å².